The molecule has 0 spiro atoms. The summed E-state index contributed by atoms with van der Waals surface area (Å²) >= 11 is 0. The summed E-state index contributed by atoms with van der Waals surface area (Å²) in [5.41, 5.74) is 0. The van der Waals surface area contributed by atoms with E-state index in [1.54, 1.807) is 0 Å². The van der Waals surface area contributed by atoms with Gasteiger partial charge in [-0.1, -0.05) is 59.8 Å². The standard InChI is InChI=1S/C36H62N6O8.CO2/c1-7-16-37-34(48)31(24(6)43)40-32(46)27-14-11-17-41(27)35(49)23(5)38-33(47)28-20-26(44)15-18-42(28)36(50)30(21(2)3)39-29(45)19-22(4)25-12-9-8-10-13-25;2-1-3/h21-28,30-31,43-44H,7-20H2,1-6H3,(H,37,48)(H,38,47)(H,39,45)(H,40,46);/t22-,23-,24+,26?,27-,28-,30-,31-;/m0./s1. The molecule has 1 unspecified atom stereocenters. The summed E-state index contributed by atoms with van der Waals surface area (Å²) in [5, 5.41) is 31.5. The monoisotopic (exact) mass is 750 g/mol. The molecule has 0 aromatic rings. The highest BCUT2D eigenvalue weighted by atomic mass is 16.3. The zero-order valence-electron chi connectivity index (χ0n) is 32.2. The van der Waals surface area contributed by atoms with Gasteiger partial charge >= 0.3 is 6.15 Å². The molecule has 53 heavy (non-hydrogen) atoms. The van der Waals surface area contributed by atoms with Crippen LogP contribution in [-0.2, 0) is 38.4 Å². The Morgan fingerprint density at radius 2 is 1.36 bits per heavy atom. The van der Waals surface area contributed by atoms with Crippen molar-refractivity contribution >= 4 is 41.6 Å². The summed E-state index contributed by atoms with van der Waals surface area (Å²) in [6.07, 6.45) is 6.21. The molecule has 6 N–H and O–H groups in total. The number of hydrogen-bond acceptors (Lipinski definition) is 10. The lowest BCUT2D eigenvalue weighted by atomic mass is 9.79. The number of nitrogens with one attached hydrogen (secondary N) is 4. The van der Waals surface area contributed by atoms with E-state index in [9.17, 15) is 39.0 Å². The first-order valence-electron chi connectivity index (χ1n) is 19.2. The van der Waals surface area contributed by atoms with Crippen LogP contribution in [-0.4, -0.2) is 124 Å². The zero-order valence-corrected chi connectivity index (χ0v) is 32.2. The molecule has 2 heterocycles. The fraction of sp³-hybridized carbons (Fsp3) is 0.811. The quantitative estimate of drug-likeness (QED) is 0.135. The highest BCUT2D eigenvalue weighted by Gasteiger charge is 2.42. The van der Waals surface area contributed by atoms with Crippen LogP contribution < -0.4 is 21.3 Å². The van der Waals surface area contributed by atoms with Gasteiger partial charge in [-0.3, -0.25) is 28.8 Å². The van der Waals surface area contributed by atoms with Crippen LogP contribution in [0.3, 0.4) is 0 Å². The number of amides is 6. The third-order valence-electron chi connectivity index (χ3n) is 10.6. The Morgan fingerprint density at radius 3 is 1.94 bits per heavy atom. The first-order valence-corrected chi connectivity index (χ1v) is 19.2. The molecule has 3 fully saturated rings. The Hall–Kier alpha value is -3.88. The maximum atomic E-state index is 14.0. The average molecular weight is 751 g/mol. The zero-order chi connectivity index (χ0) is 39.8. The lowest BCUT2D eigenvalue weighted by molar-refractivity contribution is -0.191. The SMILES string of the molecule is CCCNC(=O)[C@@H](NC(=O)[C@@H]1CCCN1C(=O)[C@H](C)NC(=O)[C@@H]1CC(O)CCN1C(=O)[C@@H](NC(=O)C[C@H](C)C1CCCCC1)C(C)C)[C@@H](C)O.O=C=O. The Morgan fingerprint density at radius 1 is 0.755 bits per heavy atom. The molecule has 0 radical (unpaired) electrons. The van der Waals surface area contributed by atoms with Crippen molar-refractivity contribution in [2.75, 3.05) is 19.6 Å². The fourth-order valence-electron chi connectivity index (χ4n) is 7.48. The second-order valence-electron chi connectivity index (χ2n) is 15.1. The predicted molar refractivity (Wildman–Crippen MR) is 192 cm³/mol. The average Bonchev–Trinajstić information content (AvgIpc) is 3.61. The van der Waals surface area contributed by atoms with Gasteiger partial charge in [-0.05, 0) is 57.3 Å². The Balaban J connectivity index is 0.00000313. The van der Waals surface area contributed by atoms with E-state index in [0.29, 0.717) is 38.1 Å². The summed E-state index contributed by atoms with van der Waals surface area (Å²) in [5.74, 6) is -2.37. The van der Waals surface area contributed by atoms with Gasteiger partial charge in [-0.25, -0.2) is 0 Å². The minimum absolute atomic E-state index is 0.0223. The predicted octanol–water partition coefficient (Wildman–Crippen LogP) is 0.390. The maximum absolute atomic E-state index is 14.0. The topological polar surface area (TPSA) is 232 Å². The van der Waals surface area contributed by atoms with Crippen molar-refractivity contribution in [3.05, 3.63) is 0 Å². The molecule has 1 aliphatic carbocycles. The molecule has 8 atom stereocenters. The molecule has 0 aromatic heterocycles. The summed E-state index contributed by atoms with van der Waals surface area (Å²) in [7, 11) is 0. The van der Waals surface area contributed by atoms with Gasteiger partial charge in [-0.2, -0.15) is 9.59 Å². The minimum atomic E-state index is -1.19. The van der Waals surface area contributed by atoms with Crippen molar-refractivity contribution in [3.8, 4) is 0 Å². The van der Waals surface area contributed by atoms with E-state index in [-0.39, 0.29) is 49.8 Å². The number of piperidine rings is 1. The van der Waals surface area contributed by atoms with Crippen LogP contribution in [0.2, 0.25) is 0 Å². The number of rotatable bonds is 15. The molecule has 3 rings (SSSR count). The van der Waals surface area contributed by atoms with Crippen molar-refractivity contribution in [1.29, 1.82) is 0 Å². The van der Waals surface area contributed by atoms with Gasteiger partial charge in [0.1, 0.15) is 30.2 Å². The van der Waals surface area contributed by atoms with Crippen LogP contribution in [0.5, 0.6) is 0 Å². The molecule has 0 bridgehead atoms. The summed E-state index contributed by atoms with van der Waals surface area (Å²) in [6.45, 7) is 11.3. The van der Waals surface area contributed by atoms with Crippen molar-refractivity contribution in [3.63, 3.8) is 0 Å². The van der Waals surface area contributed by atoms with Gasteiger partial charge < -0.3 is 41.3 Å². The number of carbonyl (C=O) groups is 6. The summed E-state index contributed by atoms with van der Waals surface area (Å²) < 4.78 is 0. The summed E-state index contributed by atoms with van der Waals surface area (Å²) in [6, 6.07) is -5.07. The molecule has 3 aliphatic rings. The Labute approximate surface area is 312 Å². The van der Waals surface area contributed by atoms with Gasteiger partial charge in [0.05, 0.1) is 12.2 Å². The molecule has 16 heteroatoms. The molecule has 2 aliphatic heterocycles. The van der Waals surface area contributed by atoms with E-state index in [4.69, 9.17) is 9.59 Å². The molecule has 16 nitrogen and oxygen atoms in total. The van der Waals surface area contributed by atoms with Gasteiger partial charge in [0.15, 0.2) is 0 Å². The highest BCUT2D eigenvalue weighted by molar-refractivity contribution is 5.96. The van der Waals surface area contributed by atoms with Crippen molar-refractivity contribution in [2.24, 2.45) is 17.8 Å². The smallest absolute Gasteiger partial charge is 0.373 e. The molecule has 300 valence electrons. The van der Waals surface area contributed by atoms with E-state index < -0.39 is 72.0 Å². The first kappa shape index (κ1) is 45.3. The molecule has 0 aromatic carbocycles. The van der Waals surface area contributed by atoms with Crippen molar-refractivity contribution in [1.82, 2.24) is 31.1 Å². The fourth-order valence-corrected chi connectivity index (χ4v) is 7.48. The van der Waals surface area contributed by atoms with Crippen molar-refractivity contribution < 1.29 is 48.6 Å². The largest absolute Gasteiger partial charge is 0.393 e. The first-order chi connectivity index (χ1) is 25.1. The van der Waals surface area contributed by atoms with E-state index in [0.717, 1.165) is 12.8 Å². The van der Waals surface area contributed by atoms with Crippen LogP contribution in [0, 0.1) is 17.8 Å². The third-order valence-corrected chi connectivity index (χ3v) is 10.6. The normalized spacial score (nSPS) is 23.2. The molecule has 6 amide bonds. The van der Waals surface area contributed by atoms with Crippen LogP contribution in [0.25, 0.3) is 0 Å². The second kappa shape index (κ2) is 22.4. The van der Waals surface area contributed by atoms with Gasteiger partial charge in [0, 0.05) is 32.5 Å². The van der Waals surface area contributed by atoms with Gasteiger partial charge in [-0.15, -0.1) is 0 Å². The lowest BCUT2D eigenvalue weighted by Gasteiger charge is -2.40. The lowest BCUT2D eigenvalue weighted by Crippen LogP contribution is -2.62. The van der Waals surface area contributed by atoms with Crippen LogP contribution in [0.1, 0.15) is 112 Å². The Bertz CT molecular complexity index is 1280. The van der Waals surface area contributed by atoms with Gasteiger partial charge in [0.2, 0.25) is 35.4 Å². The number of nitrogens with zero attached hydrogens (tertiary/aromatic N) is 2. The Kier molecular flexibility index (Phi) is 19.1. The van der Waals surface area contributed by atoms with Crippen LogP contribution >= 0.6 is 0 Å². The number of hydrogen-bond donors (Lipinski definition) is 6. The molecular formula is C37H62N6O10. The molecule has 2 saturated heterocycles. The summed E-state index contributed by atoms with van der Waals surface area (Å²) in [4.78, 5) is 99.2. The third kappa shape index (κ3) is 13.5. The molecule has 1 saturated carbocycles. The molecular weight excluding hydrogens is 688 g/mol. The minimum Gasteiger partial charge on any atom is -0.393 e. The van der Waals surface area contributed by atoms with Gasteiger partial charge in [0.25, 0.3) is 0 Å². The number of aliphatic hydroxyl groups excluding tert-OH is 2. The van der Waals surface area contributed by atoms with Crippen LogP contribution in [0.4, 0.5) is 0 Å². The number of carbonyl (C=O) groups excluding carboxylic acids is 8. The maximum Gasteiger partial charge on any atom is 0.373 e. The van der Waals surface area contributed by atoms with E-state index >= 15 is 0 Å². The second-order valence-corrected chi connectivity index (χ2v) is 15.1. The van der Waals surface area contributed by atoms with E-state index in [1.165, 1.54) is 42.9 Å². The van der Waals surface area contributed by atoms with E-state index in [1.807, 2.05) is 20.8 Å². The number of likely N-dealkylation sites (tertiary alicyclic amines) is 2. The highest BCUT2D eigenvalue weighted by Crippen LogP contribution is 2.31. The van der Waals surface area contributed by atoms with Crippen LogP contribution in [0.15, 0.2) is 0 Å². The number of aliphatic hydroxyl groups is 2. The van der Waals surface area contributed by atoms with Crippen molar-refractivity contribution in [2.45, 2.75) is 155 Å². The van der Waals surface area contributed by atoms with E-state index in [2.05, 4.69) is 28.2 Å².